The van der Waals surface area contributed by atoms with E-state index in [1.165, 1.54) is 0 Å². The number of thioether (sulfide) groups is 2. The van der Waals surface area contributed by atoms with Crippen LogP contribution in [-0.2, 0) is 48.4 Å². The Labute approximate surface area is 381 Å². The number of carboxylic acid groups (broad SMARTS) is 4. The van der Waals surface area contributed by atoms with Crippen LogP contribution in [0.25, 0.3) is 0 Å². The summed E-state index contributed by atoms with van der Waals surface area (Å²) in [4.78, 5) is 105. The van der Waals surface area contributed by atoms with E-state index in [2.05, 4.69) is 27.4 Å². The Kier molecular flexibility index (Phi) is 22.0. The molecule has 3 heterocycles. The smallest absolute Gasteiger partial charge is 0.399 e. The van der Waals surface area contributed by atoms with Crippen molar-refractivity contribution in [2.75, 3.05) is 116 Å². The first-order chi connectivity index (χ1) is 30.2. The lowest BCUT2D eigenvalue weighted by Crippen LogP contribution is -2.55. The summed E-state index contributed by atoms with van der Waals surface area (Å²) in [7, 11) is -4.17. The number of aliphatic carboxylic acids is 4. The van der Waals surface area contributed by atoms with E-state index in [9.17, 15) is 62.1 Å². The van der Waals surface area contributed by atoms with Gasteiger partial charge in [-0.2, -0.15) is 0 Å². The molecule has 0 aromatic heterocycles. The van der Waals surface area contributed by atoms with Crippen LogP contribution in [-0.4, -0.2) is 238 Å². The summed E-state index contributed by atoms with van der Waals surface area (Å²) in [5, 5.41) is 46.1. The molecule has 0 spiro atoms. The Morgan fingerprint density at radius 1 is 0.750 bits per heavy atom. The zero-order valence-electron chi connectivity index (χ0n) is 36.5. The van der Waals surface area contributed by atoms with E-state index < -0.39 is 78.8 Å². The molecule has 3 aliphatic heterocycles. The first-order valence-electron chi connectivity index (χ1n) is 21.1. The maximum absolute atomic E-state index is 13.7. The third kappa shape index (κ3) is 16.6. The molecule has 3 fully saturated rings. The third-order valence-electron chi connectivity index (χ3n) is 11.7. The second-order valence-corrected chi connectivity index (χ2v) is 20.8. The van der Waals surface area contributed by atoms with Gasteiger partial charge in [0.2, 0.25) is 21.8 Å². The Morgan fingerprint density at radius 3 is 1.69 bits per heavy atom. The van der Waals surface area contributed by atoms with Crippen LogP contribution >= 0.6 is 23.5 Å². The molecule has 3 unspecified atom stereocenters. The van der Waals surface area contributed by atoms with Gasteiger partial charge in [-0.05, 0) is 19.3 Å². The Hall–Kier alpha value is -3.76. The molecule has 3 aliphatic rings. The lowest BCUT2D eigenvalue weighted by Gasteiger charge is -2.45. The molecular weight excluding hydrogens is 903 g/mol. The van der Waals surface area contributed by atoms with E-state index >= 15 is 0 Å². The van der Waals surface area contributed by atoms with Crippen LogP contribution in [0.3, 0.4) is 0 Å². The summed E-state index contributed by atoms with van der Waals surface area (Å²) >= 11 is 3.11. The highest BCUT2D eigenvalue weighted by Gasteiger charge is 2.65. The molecule has 3 rings (SSSR count). The second kappa shape index (κ2) is 25.8. The molecule has 0 aliphatic carbocycles. The summed E-state index contributed by atoms with van der Waals surface area (Å²) < 4.78 is 29.3. The zero-order valence-corrected chi connectivity index (χ0v) is 38.9. The van der Waals surface area contributed by atoms with Crippen LogP contribution in [0.1, 0.15) is 46.0 Å². The first kappa shape index (κ1) is 54.6. The number of carbonyl (C=O) groups excluding carboxylic acids is 4. The predicted molar refractivity (Wildman–Crippen MR) is 237 cm³/mol. The van der Waals surface area contributed by atoms with E-state index in [0.717, 1.165) is 4.58 Å². The molecule has 3 saturated heterocycles. The molecule has 0 bridgehead atoms. The fraction of sp³-hybridized carbons (Fsp3) is 0.763. The number of hydrogen-bond donors (Lipinski definition) is 8. The molecular formula is C38H64N9O14S3+. The van der Waals surface area contributed by atoms with Crippen LogP contribution in [0.5, 0.6) is 0 Å². The van der Waals surface area contributed by atoms with Gasteiger partial charge in [-0.3, -0.25) is 48.4 Å². The number of nitrogens with one attached hydrogen (secondary N) is 4. The molecule has 0 saturated carbocycles. The second-order valence-electron chi connectivity index (χ2n) is 15.9. The van der Waals surface area contributed by atoms with Crippen molar-refractivity contribution in [2.45, 2.75) is 61.5 Å². The number of carbonyl (C=O) groups is 8. The third-order valence-corrected chi connectivity index (χ3v) is 17.1. The number of sulfonamides is 1. The van der Waals surface area contributed by atoms with E-state index in [0.29, 0.717) is 17.9 Å². The molecule has 4 amide bonds. The number of carboxylic acids is 4. The van der Waals surface area contributed by atoms with Gasteiger partial charge < -0.3 is 36.4 Å². The molecule has 64 heavy (non-hydrogen) atoms. The topological polar surface area (TPSA) is 316 Å². The molecule has 0 aromatic carbocycles. The van der Waals surface area contributed by atoms with Crippen LogP contribution in [0.4, 0.5) is 0 Å². The van der Waals surface area contributed by atoms with Crippen LogP contribution in [0.15, 0.2) is 0 Å². The highest BCUT2D eigenvalue weighted by molar-refractivity contribution is 8.20. The highest BCUT2D eigenvalue weighted by Crippen LogP contribution is 2.63. The standard InChI is InChI=1S/C38H63N9O14S3/c1-4-37(38(5-2,63-26-62-37)27-20-30(49)43(3)36(27)59)7-19-64(60,61)42-28(21-39-8-6-31(50)51)35(58)41-10-9-40-29(48)22-44-11-13-45(23-32(52)53)15-17-47(25-34(56)57)18-16-46(14-12-44)24-33(54)55/h27-28,39,42H,3-26H2,1-2H3,(H5-,40,41,48,50,51,52,53,54,55,56,57,58)/p+1/t27?,28-,37?,38?/m0/s1. The van der Waals surface area contributed by atoms with Crippen LogP contribution in [0, 0.1) is 5.92 Å². The molecule has 362 valence electrons. The maximum atomic E-state index is 13.7. The summed E-state index contributed by atoms with van der Waals surface area (Å²) in [6, 6.07) is -1.37. The first-order valence-corrected chi connectivity index (χ1v) is 24.8. The van der Waals surface area contributed by atoms with Gasteiger partial charge in [0.15, 0.2) is 0 Å². The summed E-state index contributed by atoms with van der Waals surface area (Å²) in [5.74, 6) is -7.41. The Morgan fingerprint density at radius 2 is 1.25 bits per heavy atom. The summed E-state index contributed by atoms with van der Waals surface area (Å²) in [6.07, 6.45) is 0.825. The van der Waals surface area contributed by atoms with E-state index in [1.807, 2.05) is 13.8 Å². The van der Waals surface area contributed by atoms with Gasteiger partial charge in [-0.15, -0.1) is 28.1 Å². The molecule has 23 nitrogen and oxygen atoms in total. The monoisotopic (exact) mass is 966 g/mol. The van der Waals surface area contributed by atoms with Gasteiger partial charge in [0.05, 0.1) is 44.8 Å². The van der Waals surface area contributed by atoms with E-state index in [4.69, 9.17) is 5.11 Å². The van der Waals surface area contributed by atoms with Crippen LogP contribution < -0.4 is 20.7 Å². The minimum atomic E-state index is -4.17. The average molecular weight is 967 g/mol. The average Bonchev–Trinajstić information content (AvgIpc) is 3.72. The van der Waals surface area contributed by atoms with Crippen molar-refractivity contribution in [3.8, 4) is 0 Å². The molecule has 0 radical (unpaired) electrons. The zero-order chi connectivity index (χ0) is 47.7. The van der Waals surface area contributed by atoms with Crippen LogP contribution in [0.2, 0.25) is 0 Å². The van der Waals surface area contributed by atoms with E-state index in [1.54, 1.807) is 43.1 Å². The lowest BCUT2D eigenvalue weighted by atomic mass is 9.74. The summed E-state index contributed by atoms with van der Waals surface area (Å²) in [6.45, 7) is 7.55. The van der Waals surface area contributed by atoms with Gasteiger partial charge in [-0.25, -0.2) is 22.7 Å². The Balaban J connectivity index is 1.64. The van der Waals surface area contributed by atoms with Crippen molar-refractivity contribution in [2.24, 2.45) is 5.92 Å². The fourth-order valence-corrected chi connectivity index (χ4v) is 14.2. The minimum Gasteiger partial charge on any atom is -0.481 e. The predicted octanol–water partition coefficient (Wildman–Crippen LogP) is -3.04. The highest BCUT2D eigenvalue weighted by atomic mass is 32.2. The van der Waals surface area contributed by atoms with Crippen molar-refractivity contribution >= 4 is 87.8 Å². The molecule has 8 N–H and O–H groups in total. The van der Waals surface area contributed by atoms with E-state index in [-0.39, 0.29) is 130 Å². The fourth-order valence-electron chi connectivity index (χ4n) is 8.26. The maximum Gasteiger partial charge on any atom is 0.399 e. The number of rotatable bonds is 25. The van der Waals surface area contributed by atoms with Gasteiger partial charge >= 0.3 is 35.7 Å². The quantitative estimate of drug-likeness (QED) is 0.0256. The van der Waals surface area contributed by atoms with Gasteiger partial charge in [0.25, 0.3) is 0 Å². The molecule has 4 atom stereocenters. The van der Waals surface area contributed by atoms with Gasteiger partial charge in [0.1, 0.15) is 18.7 Å². The van der Waals surface area contributed by atoms with Gasteiger partial charge in [-0.1, -0.05) is 13.8 Å². The van der Waals surface area contributed by atoms with Crippen molar-refractivity contribution < 1.29 is 71.8 Å². The summed E-state index contributed by atoms with van der Waals surface area (Å²) in [5.41, 5.74) is 0. The number of amides is 4. The Bertz CT molecular complexity index is 1800. The number of hydrogen-bond acceptors (Lipinski definition) is 17. The van der Waals surface area contributed by atoms with Crippen molar-refractivity contribution in [3.63, 3.8) is 0 Å². The van der Waals surface area contributed by atoms with Crippen molar-refractivity contribution in [1.82, 2.24) is 40.3 Å². The van der Waals surface area contributed by atoms with Crippen molar-refractivity contribution in [1.29, 1.82) is 0 Å². The van der Waals surface area contributed by atoms with Gasteiger partial charge in [0, 0.05) is 93.1 Å². The normalized spacial score (nSPS) is 24.2. The number of imide groups is 1. The minimum absolute atomic E-state index is 0.0159. The molecule has 0 aromatic rings. The SMILES string of the molecule is C=[N+]1C(=O)CC(C2(CC)SCSC2(CC)CCS(=O)(=O)N[C@@H](CNCCC(=O)O)C(=O)NCCNC(=O)CN2CCN(CC(=O)O)CCN(CC(=O)O)CCN(CC(=O)O)CC2)C1=O. The lowest BCUT2D eigenvalue weighted by molar-refractivity contribution is -0.367. The molecule has 26 heteroatoms. The van der Waals surface area contributed by atoms with Crippen molar-refractivity contribution in [3.05, 3.63) is 0 Å². The largest absolute Gasteiger partial charge is 0.481 e. The number of nitrogens with zero attached hydrogens (tertiary/aromatic N) is 5.